The molecule has 3 rings (SSSR count). The number of benzene rings is 3. The molecule has 0 bridgehead atoms. The second kappa shape index (κ2) is 12.2. The number of carbonyl (C=O) groups excluding carboxylic acids is 2. The highest BCUT2D eigenvalue weighted by molar-refractivity contribution is 9.10. The summed E-state index contributed by atoms with van der Waals surface area (Å²) in [6, 6.07) is 12.0. The van der Waals surface area contributed by atoms with Gasteiger partial charge in [-0.2, -0.15) is 13.2 Å². The summed E-state index contributed by atoms with van der Waals surface area (Å²) in [6.45, 7) is 1.53. The monoisotopic (exact) mass is 620 g/mol. The maximum atomic E-state index is 13.1. The molecule has 0 spiro atoms. The van der Waals surface area contributed by atoms with Crippen LogP contribution < -0.4 is 4.74 Å². The summed E-state index contributed by atoms with van der Waals surface area (Å²) >= 11 is 6.15. The van der Waals surface area contributed by atoms with Gasteiger partial charge in [0.25, 0.3) is 0 Å². The number of para-hydroxylation sites is 1. The molecule has 11 heteroatoms. The molecule has 0 amide bonds. The lowest BCUT2D eigenvalue weighted by molar-refractivity contribution is -0.138. The number of alkyl halides is 3. The fraction of sp³-hybridized carbons (Fsp3) is 0.167. The fourth-order valence-electron chi connectivity index (χ4n) is 2.69. The van der Waals surface area contributed by atoms with Gasteiger partial charge in [-0.05, 0) is 86.8 Å². The van der Waals surface area contributed by atoms with Crippen LogP contribution >= 0.6 is 31.9 Å². The Kier molecular flexibility index (Phi) is 9.84. The summed E-state index contributed by atoms with van der Waals surface area (Å²) < 4.78 is 67.0. The Labute approximate surface area is 215 Å². The maximum absolute atomic E-state index is 13.1. The first-order chi connectivity index (χ1) is 16.4. The van der Waals surface area contributed by atoms with Crippen LogP contribution in [0.2, 0.25) is 0 Å². The average molecular weight is 622 g/mol. The van der Waals surface area contributed by atoms with Gasteiger partial charge in [0.1, 0.15) is 17.3 Å². The van der Waals surface area contributed by atoms with Crippen molar-refractivity contribution in [1.82, 2.24) is 0 Å². The van der Waals surface area contributed by atoms with Crippen LogP contribution in [0.5, 0.6) is 11.5 Å². The molecule has 0 aliphatic carbocycles. The number of halogens is 6. The van der Waals surface area contributed by atoms with E-state index in [1.807, 2.05) is 0 Å². The second-order valence-electron chi connectivity index (χ2n) is 6.81. The van der Waals surface area contributed by atoms with Crippen LogP contribution in [-0.4, -0.2) is 26.2 Å². The fourth-order valence-corrected chi connectivity index (χ4v) is 3.53. The third-order valence-electron chi connectivity index (χ3n) is 4.42. The van der Waals surface area contributed by atoms with E-state index in [-0.39, 0.29) is 21.5 Å². The molecule has 0 radical (unpaired) electrons. The summed E-state index contributed by atoms with van der Waals surface area (Å²) in [5.41, 5.74) is 0.0727. The Hall–Kier alpha value is -2.92. The maximum Gasteiger partial charge on any atom is 0.419 e. The number of carbonyl (C=O) groups is 2. The van der Waals surface area contributed by atoms with E-state index in [0.29, 0.717) is 15.6 Å². The molecule has 0 atom stereocenters. The van der Waals surface area contributed by atoms with E-state index in [4.69, 9.17) is 4.74 Å². The molecular formula is C24H18Br2F4O5. The summed E-state index contributed by atoms with van der Waals surface area (Å²) in [5, 5.41) is 0. The van der Waals surface area contributed by atoms with Gasteiger partial charge in [-0.1, -0.05) is 12.1 Å². The highest BCUT2D eigenvalue weighted by Crippen LogP contribution is 2.41. The van der Waals surface area contributed by atoms with E-state index in [1.54, 1.807) is 0 Å². The van der Waals surface area contributed by atoms with Gasteiger partial charge in [-0.25, -0.2) is 14.0 Å². The summed E-state index contributed by atoms with van der Waals surface area (Å²) in [4.78, 5) is 22.4. The van der Waals surface area contributed by atoms with E-state index in [0.717, 1.165) is 6.07 Å². The van der Waals surface area contributed by atoms with Crippen molar-refractivity contribution in [2.45, 2.75) is 13.1 Å². The molecule has 0 unspecified atom stereocenters. The van der Waals surface area contributed by atoms with Gasteiger partial charge >= 0.3 is 18.1 Å². The largest absolute Gasteiger partial charge is 0.465 e. The van der Waals surface area contributed by atoms with E-state index >= 15 is 0 Å². The van der Waals surface area contributed by atoms with Gasteiger partial charge in [-0.15, -0.1) is 0 Å². The minimum Gasteiger partial charge on any atom is -0.465 e. The number of rotatable bonds is 4. The van der Waals surface area contributed by atoms with Crippen molar-refractivity contribution in [3.63, 3.8) is 0 Å². The molecule has 0 aromatic heterocycles. The van der Waals surface area contributed by atoms with Crippen molar-refractivity contribution in [2.24, 2.45) is 0 Å². The van der Waals surface area contributed by atoms with Gasteiger partial charge < -0.3 is 14.2 Å². The molecule has 0 heterocycles. The third kappa shape index (κ3) is 7.53. The van der Waals surface area contributed by atoms with Crippen LogP contribution in [-0.2, 0) is 15.7 Å². The topological polar surface area (TPSA) is 61.8 Å². The number of esters is 2. The lowest BCUT2D eigenvalue weighted by atomic mass is 10.1. The molecule has 0 N–H and O–H groups in total. The van der Waals surface area contributed by atoms with Crippen LogP contribution in [0.4, 0.5) is 17.6 Å². The molecule has 5 nitrogen and oxygen atoms in total. The molecule has 3 aromatic carbocycles. The molecular weight excluding hydrogens is 604 g/mol. The van der Waals surface area contributed by atoms with E-state index in [2.05, 4.69) is 41.3 Å². The lowest BCUT2D eigenvalue weighted by Gasteiger charge is -2.16. The third-order valence-corrected chi connectivity index (χ3v) is 5.65. The highest BCUT2D eigenvalue weighted by atomic mass is 79.9. The zero-order valence-electron chi connectivity index (χ0n) is 18.5. The van der Waals surface area contributed by atoms with E-state index in [9.17, 15) is 27.2 Å². The van der Waals surface area contributed by atoms with Crippen LogP contribution in [0, 0.1) is 12.7 Å². The SMILES string of the molecule is COC(=O)c1ccc(F)c(Br)c1.COC(=O)c1ccc(Oc2c(C)cccc2C(F)(F)F)c(Br)c1. The molecule has 0 aliphatic heterocycles. The standard InChI is InChI=1S/C16H12BrF3O3.C8H6BrFO2/c1-9-4-3-5-11(16(18,19)20)14(9)23-13-7-6-10(8-12(13)17)15(21)22-2;1-12-8(11)5-2-3-7(10)6(9)4-5/h3-8H,1-2H3;2-4H,1H3. The van der Waals surface area contributed by atoms with Crippen molar-refractivity contribution in [1.29, 1.82) is 0 Å². The molecule has 0 saturated carbocycles. The van der Waals surface area contributed by atoms with E-state index in [1.165, 1.54) is 69.7 Å². The van der Waals surface area contributed by atoms with Gasteiger partial charge in [0.15, 0.2) is 0 Å². The summed E-state index contributed by atoms with van der Waals surface area (Å²) in [5.74, 6) is -1.54. The van der Waals surface area contributed by atoms with Crippen LogP contribution in [0.25, 0.3) is 0 Å². The number of aryl methyl sites for hydroxylation is 1. The molecule has 35 heavy (non-hydrogen) atoms. The Morgan fingerprint density at radius 2 is 1.37 bits per heavy atom. The molecule has 3 aromatic rings. The van der Waals surface area contributed by atoms with E-state index < -0.39 is 29.5 Å². The lowest BCUT2D eigenvalue weighted by Crippen LogP contribution is -2.08. The first kappa shape index (κ1) is 28.3. The minimum atomic E-state index is -4.53. The highest BCUT2D eigenvalue weighted by Gasteiger charge is 2.35. The Morgan fingerprint density at radius 1 is 0.829 bits per heavy atom. The Morgan fingerprint density at radius 3 is 1.86 bits per heavy atom. The molecule has 0 aliphatic rings. The van der Waals surface area contributed by atoms with Crippen LogP contribution in [0.3, 0.4) is 0 Å². The van der Waals surface area contributed by atoms with Crippen molar-refractivity contribution in [3.05, 3.63) is 91.6 Å². The normalized spacial score (nSPS) is 10.7. The number of methoxy groups -OCH3 is 2. The van der Waals surface area contributed by atoms with Crippen molar-refractivity contribution in [2.75, 3.05) is 14.2 Å². The first-order valence-corrected chi connectivity index (χ1v) is 11.2. The smallest absolute Gasteiger partial charge is 0.419 e. The predicted molar refractivity (Wildman–Crippen MR) is 127 cm³/mol. The average Bonchev–Trinajstić information content (AvgIpc) is 2.81. The van der Waals surface area contributed by atoms with Crippen molar-refractivity contribution < 1.29 is 41.4 Å². The molecule has 0 fully saturated rings. The zero-order valence-corrected chi connectivity index (χ0v) is 21.7. The summed E-state index contributed by atoms with van der Waals surface area (Å²) in [6.07, 6.45) is -4.53. The Balaban J connectivity index is 0.000000303. The molecule has 186 valence electrons. The Bertz CT molecular complexity index is 1230. The van der Waals surface area contributed by atoms with Gasteiger partial charge in [0.2, 0.25) is 0 Å². The quantitative estimate of drug-likeness (QED) is 0.220. The van der Waals surface area contributed by atoms with Crippen LogP contribution in [0.15, 0.2) is 63.5 Å². The van der Waals surface area contributed by atoms with Crippen molar-refractivity contribution >= 4 is 43.8 Å². The minimum absolute atomic E-state index is 0.164. The van der Waals surface area contributed by atoms with Gasteiger partial charge in [0, 0.05) is 0 Å². The number of ether oxygens (including phenoxy) is 3. The number of hydrogen-bond acceptors (Lipinski definition) is 5. The van der Waals surface area contributed by atoms with Gasteiger partial charge in [-0.3, -0.25) is 0 Å². The zero-order chi connectivity index (χ0) is 26.3. The second-order valence-corrected chi connectivity index (χ2v) is 8.52. The van der Waals surface area contributed by atoms with Gasteiger partial charge in [0.05, 0.1) is 39.9 Å². The predicted octanol–water partition coefficient (Wildman–Crippen LogP) is 7.73. The molecule has 0 saturated heterocycles. The summed E-state index contributed by atoms with van der Waals surface area (Å²) in [7, 11) is 2.52. The first-order valence-electron chi connectivity index (χ1n) is 9.65. The van der Waals surface area contributed by atoms with Crippen LogP contribution in [0.1, 0.15) is 31.8 Å². The van der Waals surface area contributed by atoms with Crippen molar-refractivity contribution in [3.8, 4) is 11.5 Å². The number of hydrogen-bond donors (Lipinski definition) is 0.